The zero-order valence-electron chi connectivity index (χ0n) is 14.7. The lowest BCUT2D eigenvalue weighted by molar-refractivity contribution is -0.137. The molecule has 0 aromatic heterocycles. The van der Waals surface area contributed by atoms with Crippen LogP contribution in [0.1, 0.15) is 110 Å². The molecule has 0 aliphatic heterocycles. The smallest absolute Gasteiger partial charge is 0.303 e. The van der Waals surface area contributed by atoms with E-state index in [9.17, 15) is 9.90 Å². The van der Waals surface area contributed by atoms with Crippen molar-refractivity contribution in [2.45, 2.75) is 116 Å². The van der Waals surface area contributed by atoms with Crippen LogP contribution in [0.2, 0.25) is 0 Å². The summed E-state index contributed by atoms with van der Waals surface area (Å²) in [6, 6.07) is 0. The molecule has 22 heavy (non-hydrogen) atoms. The molecule has 0 aliphatic rings. The summed E-state index contributed by atoms with van der Waals surface area (Å²) in [4.78, 5) is 10.4. The minimum atomic E-state index is -0.736. The Hall–Kier alpha value is -0.570. The van der Waals surface area contributed by atoms with E-state index in [-0.39, 0.29) is 12.5 Å². The summed E-state index contributed by atoms with van der Waals surface area (Å²) < 4.78 is 0. The monoisotopic (exact) mass is 314 g/mol. The van der Waals surface area contributed by atoms with Crippen molar-refractivity contribution in [2.24, 2.45) is 0 Å². The van der Waals surface area contributed by atoms with Crippen LogP contribution in [0.4, 0.5) is 0 Å². The predicted octanol–water partition coefficient (Wildman–Crippen LogP) is 5.69. The third kappa shape index (κ3) is 17.5. The van der Waals surface area contributed by atoms with E-state index in [2.05, 4.69) is 6.92 Å². The maximum atomic E-state index is 10.4. The van der Waals surface area contributed by atoms with Crippen LogP contribution >= 0.6 is 0 Å². The van der Waals surface area contributed by atoms with Crippen LogP contribution in [-0.4, -0.2) is 22.3 Å². The fourth-order valence-corrected chi connectivity index (χ4v) is 2.84. The number of aliphatic hydroxyl groups excluding tert-OH is 1. The van der Waals surface area contributed by atoms with Gasteiger partial charge in [0.15, 0.2) is 0 Å². The van der Waals surface area contributed by atoms with Crippen LogP contribution in [0.15, 0.2) is 0 Å². The fraction of sp³-hybridized carbons (Fsp3) is 0.947. The molecule has 0 saturated heterocycles. The summed E-state index contributed by atoms with van der Waals surface area (Å²) >= 11 is 0. The highest BCUT2D eigenvalue weighted by atomic mass is 16.4. The number of unbranched alkanes of at least 4 members (excludes halogenated alkanes) is 11. The van der Waals surface area contributed by atoms with Crippen molar-refractivity contribution in [3.8, 4) is 0 Å². The lowest BCUT2D eigenvalue weighted by Crippen LogP contribution is -2.06. The first-order chi connectivity index (χ1) is 10.7. The number of aliphatic carboxylic acids is 1. The molecule has 1 unspecified atom stereocenters. The Morgan fingerprint density at radius 1 is 0.727 bits per heavy atom. The number of aliphatic hydroxyl groups is 1. The van der Waals surface area contributed by atoms with Crippen molar-refractivity contribution in [3.05, 3.63) is 0 Å². The normalized spacial score (nSPS) is 12.5. The summed E-state index contributed by atoms with van der Waals surface area (Å²) in [7, 11) is 0. The molecule has 2 N–H and O–H groups in total. The molecule has 0 bridgehead atoms. The summed E-state index contributed by atoms with van der Waals surface area (Å²) in [6.45, 7) is 2.26. The van der Waals surface area contributed by atoms with Gasteiger partial charge < -0.3 is 10.2 Å². The first-order valence-electron chi connectivity index (χ1n) is 9.56. The molecule has 0 saturated carbocycles. The minimum Gasteiger partial charge on any atom is -0.481 e. The molecule has 0 radical (unpaired) electrons. The Morgan fingerprint density at radius 3 is 1.59 bits per heavy atom. The summed E-state index contributed by atoms with van der Waals surface area (Å²) in [5.74, 6) is -0.736. The van der Waals surface area contributed by atoms with E-state index in [1.165, 1.54) is 64.2 Å². The number of hydrogen-bond acceptors (Lipinski definition) is 2. The summed E-state index contributed by atoms with van der Waals surface area (Å²) in [6.07, 6.45) is 17.8. The second kappa shape index (κ2) is 16.8. The molecule has 0 aliphatic carbocycles. The average Bonchev–Trinajstić information content (AvgIpc) is 2.49. The zero-order chi connectivity index (χ0) is 16.5. The topological polar surface area (TPSA) is 57.5 Å². The van der Waals surface area contributed by atoms with Crippen molar-refractivity contribution in [3.63, 3.8) is 0 Å². The van der Waals surface area contributed by atoms with Gasteiger partial charge in [0, 0.05) is 6.42 Å². The van der Waals surface area contributed by atoms with E-state index >= 15 is 0 Å². The molecule has 0 aromatic carbocycles. The van der Waals surface area contributed by atoms with Gasteiger partial charge >= 0.3 is 5.97 Å². The fourth-order valence-electron chi connectivity index (χ4n) is 2.84. The predicted molar refractivity (Wildman–Crippen MR) is 93.2 cm³/mol. The maximum absolute atomic E-state index is 10.4. The van der Waals surface area contributed by atoms with E-state index < -0.39 is 5.97 Å². The molecule has 0 rings (SSSR count). The van der Waals surface area contributed by atoms with E-state index in [0.29, 0.717) is 6.42 Å². The van der Waals surface area contributed by atoms with Crippen LogP contribution < -0.4 is 0 Å². The van der Waals surface area contributed by atoms with Gasteiger partial charge in [-0.2, -0.15) is 0 Å². The van der Waals surface area contributed by atoms with Crippen LogP contribution in [0.25, 0.3) is 0 Å². The summed E-state index contributed by atoms with van der Waals surface area (Å²) in [5.41, 5.74) is 0. The van der Waals surface area contributed by atoms with Crippen molar-refractivity contribution >= 4 is 5.97 Å². The van der Waals surface area contributed by atoms with E-state index in [4.69, 9.17) is 5.11 Å². The number of rotatable bonds is 17. The highest BCUT2D eigenvalue weighted by Gasteiger charge is 2.04. The first-order valence-corrected chi connectivity index (χ1v) is 9.56. The van der Waals surface area contributed by atoms with Gasteiger partial charge in [-0.05, 0) is 19.3 Å². The van der Waals surface area contributed by atoms with E-state index in [1.54, 1.807) is 0 Å². The van der Waals surface area contributed by atoms with Gasteiger partial charge in [0.05, 0.1) is 6.10 Å². The number of carboxylic acid groups (broad SMARTS) is 1. The molecule has 3 heteroatoms. The average molecular weight is 315 g/mol. The summed E-state index contributed by atoms with van der Waals surface area (Å²) in [5, 5.41) is 18.3. The molecule has 0 spiro atoms. The van der Waals surface area contributed by atoms with Gasteiger partial charge in [0.25, 0.3) is 0 Å². The van der Waals surface area contributed by atoms with Gasteiger partial charge in [-0.3, -0.25) is 4.79 Å². The number of carbonyl (C=O) groups is 1. The number of hydrogen-bond donors (Lipinski definition) is 2. The number of carboxylic acids is 1. The Labute approximate surface area is 137 Å². The lowest BCUT2D eigenvalue weighted by Gasteiger charge is -2.09. The van der Waals surface area contributed by atoms with Crippen LogP contribution in [0, 0.1) is 0 Å². The van der Waals surface area contributed by atoms with Crippen molar-refractivity contribution in [1.82, 2.24) is 0 Å². The molecule has 1 atom stereocenters. The molecule has 0 fully saturated rings. The van der Waals surface area contributed by atoms with Gasteiger partial charge in [-0.1, -0.05) is 84.0 Å². The standard InChI is InChI=1S/C19H38O3/c1-2-3-4-5-6-7-8-9-10-11-12-15-18(20)16-13-14-17-19(21)22/h18,20H,2-17H2,1H3,(H,21,22). The lowest BCUT2D eigenvalue weighted by atomic mass is 10.0. The first kappa shape index (κ1) is 21.4. The van der Waals surface area contributed by atoms with Gasteiger partial charge in [0.2, 0.25) is 0 Å². The van der Waals surface area contributed by atoms with Crippen LogP contribution in [0.3, 0.4) is 0 Å². The molecular formula is C19H38O3. The van der Waals surface area contributed by atoms with Crippen LogP contribution in [-0.2, 0) is 4.79 Å². The Balaban J connectivity index is 3.13. The van der Waals surface area contributed by atoms with Gasteiger partial charge in [0.1, 0.15) is 0 Å². The zero-order valence-corrected chi connectivity index (χ0v) is 14.7. The molecular weight excluding hydrogens is 276 g/mol. The second-order valence-corrected chi connectivity index (χ2v) is 6.62. The SMILES string of the molecule is CCCCCCCCCCCCCC(O)CCCCC(=O)O. The third-order valence-corrected chi connectivity index (χ3v) is 4.32. The third-order valence-electron chi connectivity index (χ3n) is 4.32. The Bertz CT molecular complexity index is 241. The largest absolute Gasteiger partial charge is 0.481 e. The molecule has 0 aromatic rings. The Kier molecular flexibility index (Phi) is 16.4. The van der Waals surface area contributed by atoms with Gasteiger partial charge in [-0.25, -0.2) is 0 Å². The second-order valence-electron chi connectivity index (χ2n) is 6.62. The van der Waals surface area contributed by atoms with Crippen molar-refractivity contribution in [1.29, 1.82) is 0 Å². The maximum Gasteiger partial charge on any atom is 0.303 e. The van der Waals surface area contributed by atoms with Crippen LogP contribution in [0.5, 0.6) is 0 Å². The van der Waals surface area contributed by atoms with Crippen molar-refractivity contribution in [2.75, 3.05) is 0 Å². The quantitative estimate of drug-likeness (QED) is 0.339. The van der Waals surface area contributed by atoms with Crippen molar-refractivity contribution < 1.29 is 15.0 Å². The van der Waals surface area contributed by atoms with E-state index in [1.807, 2.05) is 0 Å². The Morgan fingerprint density at radius 2 is 1.14 bits per heavy atom. The molecule has 0 heterocycles. The van der Waals surface area contributed by atoms with E-state index in [0.717, 1.165) is 25.7 Å². The van der Waals surface area contributed by atoms with Gasteiger partial charge in [-0.15, -0.1) is 0 Å². The highest BCUT2D eigenvalue weighted by Crippen LogP contribution is 2.14. The molecule has 0 amide bonds. The molecule has 3 nitrogen and oxygen atoms in total. The molecule has 132 valence electrons. The minimum absolute atomic E-state index is 0.227. The highest BCUT2D eigenvalue weighted by molar-refractivity contribution is 5.66.